The molecule has 33 heavy (non-hydrogen) atoms. The first-order chi connectivity index (χ1) is 16.0. The van der Waals surface area contributed by atoms with E-state index in [-0.39, 0.29) is 12.3 Å². The molecule has 0 aliphatic rings. The molecule has 1 atom stereocenters. The third kappa shape index (κ3) is 5.22. The number of hydrogen-bond donors (Lipinski definition) is 3. The summed E-state index contributed by atoms with van der Waals surface area (Å²) in [5, 5.41) is 15.7. The van der Waals surface area contributed by atoms with Gasteiger partial charge in [-0.15, -0.1) is 0 Å². The monoisotopic (exact) mass is 439 g/mol. The topological polar surface area (TPSA) is 108 Å². The van der Waals surface area contributed by atoms with Gasteiger partial charge in [0.15, 0.2) is 0 Å². The zero-order chi connectivity index (χ0) is 23.2. The van der Waals surface area contributed by atoms with Crippen LogP contribution in [0.25, 0.3) is 10.9 Å². The standard InChI is InChI=1S/C26H21N3O4/c30-24(18-6-2-1-3-7-18)29-23(26(32)33)16-17-10-12-19(13-11-17)28-25(31)21-14-15-27-22-9-5-4-8-20(21)22/h1-15,23H,16H2,(H,28,31)(H,29,30)(H,32,33)/t23-/m0/s1. The van der Waals surface area contributed by atoms with Crippen molar-refractivity contribution < 1.29 is 19.5 Å². The molecule has 0 aliphatic carbocycles. The van der Waals surface area contributed by atoms with Crippen LogP contribution in [0.3, 0.4) is 0 Å². The minimum absolute atomic E-state index is 0.108. The molecule has 0 fully saturated rings. The van der Waals surface area contributed by atoms with Gasteiger partial charge < -0.3 is 15.7 Å². The largest absolute Gasteiger partial charge is 0.480 e. The van der Waals surface area contributed by atoms with E-state index in [1.54, 1.807) is 66.9 Å². The highest BCUT2D eigenvalue weighted by atomic mass is 16.4. The zero-order valence-corrected chi connectivity index (χ0v) is 17.6. The van der Waals surface area contributed by atoms with E-state index >= 15 is 0 Å². The van der Waals surface area contributed by atoms with Crippen LogP contribution < -0.4 is 10.6 Å². The Morgan fingerprint density at radius 3 is 2.24 bits per heavy atom. The van der Waals surface area contributed by atoms with Crippen molar-refractivity contribution in [3.8, 4) is 0 Å². The number of carboxylic acids is 1. The smallest absolute Gasteiger partial charge is 0.326 e. The van der Waals surface area contributed by atoms with Crippen molar-refractivity contribution in [3.05, 3.63) is 108 Å². The molecule has 0 aliphatic heterocycles. The molecule has 4 aromatic rings. The number of carbonyl (C=O) groups excluding carboxylic acids is 2. The van der Waals surface area contributed by atoms with E-state index in [4.69, 9.17) is 0 Å². The Labute approximate surface area is 190 Å². The van der Waals surface area contributed by atoms with Gasteiger partial charge in [0, 0.05) is 29.3 Å². The Bertz CT molecular complexity index is 1300. The van der Waals surface area contributed by atoms with E-state index in [0.717, 1.165) is 10.9 Å². The van der Waals surface area contributed by atoms with Crippen LogP contribution >= 0.6 is 0 Å². The summed E-state index contributed by atoms with van der Waals surface area (Å²) in [6, 6.07) is 23.3. The van der Waals surface area contributed by atoms with Crippen molar-refractivity contribution in [3.63, 3.8) is 0 Å². The predicted octanol–water partition coefficient (Wildman–Crippen LogP) is 3.91. The Balaban J connectivity index is 1.43. The molecule has 0 radical (unpaired) electrons. The van der Waals surface area contributed by atoms with Gasteiger partial charge in [0.05, 0.1) is 11.1 Å². The second-order valence-electron chi connectivity index (χ2n) is 7.46. The summed E-state index contributed by atoms with van der Waals surface area (Å²) in [7, 11) is 0. The summed E-state index contributed by atoms with van der Waals surface area (Å²) < 4.78 is 0. The molecule has 0 saturated carbocycles. The summed E-state index contributed by atoms with van der Waals surface area (Å²) in [6.07, 6.45) is 1.70. The highest BCUT2D eigenvalue weighted by Gasteiger charge is 2.21. The maximum atomic E-state index is 12.8. The summed E-state index contributed by atoms with van der Waals surface area (Å²) in [5.41, 5.74) is 2.93. The zero-order valence-electron chi connectivity index (χ0n) is 17.6. The quantitative estimate of drug-likeness (QED) is 0.405. The number of hydrogen-bond acceptors (Lipinski definition) is 4. The Morgan fingerprint density at radius 2 is 1.52 bits per heavy atom. The van der Waals surface area contributed by atoms with Crippen LogP contribution in [0.15, 0.2) is 91.1 Å². The van der Waals surface area contributed by atoms with Crippen molar-refractivity contribution in [2.75, 3.05) is 5.32 Å². The van der Waals surface area contributed by atoms with Crippen LogP contribution in [0, 0.1) is 0 Å². The molecule has 3 aromatic carbocycles. The highest BCUT2D eigenvalue weighted by molar-refractivity contribution is 6.12. The number of aliphatic carboxylic acids is 1. The number of carboxylic acid groups (broad SMARTS) is 1. The van der Waals surface area contributed by atoms with E-state index in [0.29, 0.717) is 22.4 Å². The van der Waals surface area contributed by atoms with Gasteiger partial charge in [-0.05, 0) is 42.0 Å². The minimum Gasteiger partial charge on any atom is -0.480 e. The van der Waals surface area contributed by atoms with Crippen LogP contribution in [0.5, 0.6) is 0 Å². The molecular weight excluding hydrogens is 418 g/mol. The number of pyridine rings is 1. The van der Waals surface area contributed by atoms with Crippen LogP contribution in [0.1, 0.15) is 26.3 Å². The van der Waals surface area contributed by atoms with Crippen molar-refractivity contribution in [1.82, 2.24) is 10.3 Å². The molecule has 7 nitrogen and oxygen atoms in total. The van der Waals surface area contributed by atoms with E-state index < -0.39 is 17.9 Å². The number of rotatable bonds is 7. The molecule has 1 aromatic heterocycles. The molecule has 0 unspecified atom stereocenters. The average Bonchev–Trinajstić information content (AvgIpc) is 2.84. The van der Waals surface area contributed by atoms with Gasteiger partial charge in [0.2, 0.25) is 0 Å². The first-order valence-electron chi connectivity index (χ1n) is 10.3. The van der Waals surface area contributed by atoms with Gasteiger partial charge >= 0.3 is 5.97 Å². The number of fused-ring (bicyclic) bond motifs is 1. The number of nitrogens with one attached hydrogen (secondary N) is 2. The predicted molar refractivity (Wildman–Crippen MR) is 125 cm³/mol. The minimum atomic E-state index is -1.12. The number of nitrogens with zero attached hydrogens (tertiary/aromatic N) is 1. The molecule has 4 rings (SSSR count). The molecule has 0 bridgehead atoms. The summed E-state index contributed by atoms with van der Waals surface area (Å²) in [6.45, 7) is 0. The van der Waals surface area contributed by atoms with Crippen molar-refractivity contribution >= 4 is 34.4 Å². The third-order valence-corrected chi connectivity index (χ3v) is 5.18. The molecule has 164 valence electrons. The molecule has 3 N–H and O–H groups in total. The Hall–Kier alpha value is -4.52. The van der Waals surface area contributed by atoms with Crippen LogP contribution in [0.4, 0.5) is 5.69 Å². The van der Waals surface area contributed by atoms with Crippen LogP contribution in [-0.2, 0) is 11.2 Å². The highest BCUT2D eigenvalue weighted by Crippen LogP contribution is 2.19. The maximum absolute atomic E-state index is 12.8. The van der Waals surface area contributed by atoms with E-state index in [9.17, 15) is 19.5 Å². The van der Waals surface area contributed by atoms with Gasteiger partial charge in [-0.3, -0.25) is 14.6 Å². The molecule has 0 spiro atoms. The Kier molecular flexibility index (Phi) is 6.40. The first-order valence-corrected chi connectivity index (χ1v) is 10.3. The molecular formula is C26H21N3O4. The fourth-order valence-corrected chi connectivity index (χ4v) is 3.48. The van der Waals surface area contributed by atoms with Crippen LogP contribution in [-0.4, -0.2) is 33.9 Å². The molecule has 1 heterocycles. The second kappa shape index (κ2) is 9.74. The lowest BCUT2D eigenvalue weighted by Crippen LogP contribution is -2.42. The second-order valence-corrected chi connectivity index (χ2v) is 7.46. The normalized spacial score (nSPS) is 11.5. The van der Waals surface area contributed by atoms with Crippen molar-refractivity contribution in [2.45, 2.75) is 12.5 Å². The number of para-hydroxylation sites is 1. The van der Waals surface area contributed by atoms with Crippen molar-refractivity contribution in [2.24, 2.45) is 0 Å². The fourth-order valence-electron chi connectivity index (χ4n) is 3.48. The lowest BCUT2D eigenvalue weighted by Gasteiger charge is -2.15. The van der Waals surface area contributed by atoms with Gasteiger partial charge in [-0.1, -0.05) is 48.5 Å². The maximum Gasteiger partial charge on any atom is 0.326 e. The number of benzene rings is 3. The molecule has 0 saturated heterocycles. The van der Waals surface area contributed by atoms with E-state index in [2.05, 4.69) is 15.6 Å². The van der Waals surface area contributed by atoms with Gasteiger partial charge in [0.25, 0.3) is 11.8 Å². The number of aromatic nitrogens is 1. The number of carbonyl (C=O) groups is 3. The molecule has 7 heteroatoms. The number of anilines is 1. The van der Waals surface area contributed by atoms with E-state index in [1.165, 1.54) is 0 Å². The van der Waals surface area contributed by atoms with E-state index in [1.807, 2.05) is 24.3 Å². The SMILES string of the molecule is O=C(N[C@@H](Cc1ccc(NC(=O)c2ccnc3ccccc23)cc1)C(=O)O)c1ccccc1. The number of amides is 2. The van der Waals surface area contributed by atoms with Gasteiger partial charge in [-0.2, -0.15) is 0 Å². The first kappa shape index (κ1) is 21.7. The summed E-state index contributed by atoms with van der Waals surface area (Å²) in [4.78, 5) is 41.0. The van der Waals surface area contributed by atoms with Crippen molar-refractivity contribution in [1.29, 1.82) is 0 Å². The fraction of sp³-hybridized carbons (Fsp3) is 0.0769. The third-order valence-electron chi connectivity index (χ3n) is 5.18. The van der Waals surface area contributed by atoms with Gasteiger partial charge in [-0.25, -0.2) is 4.79 Å². The summed E-state index contributed by atoms with van der Waals surface area (Å²) >= 11 is 0. The Morgan fingerprint density at radius 1 is 0.818 bits per heavy atom. The summed E-state index contributed by atoms with van der Waals surface area (Å²) in [5.74, 6) is -1.84. The average molecular weight is 439 g/mol. The lowest BCUT2D eigenvalue weighted by molar-refractivity contribution is -0.139. The van der Waals surface area contributed by atoms with Gasteiger partial charge in [0.1, 0.15) is 6.04 Å². The molecule has 2 amide bonds. The lowest BCUT2D eigenvalue weighted by atomic mass is 10.0. The van der Waals surface area contributed by atoms with Crippen LogP contribution in [0.2, 0.25) is 0 Å².